The van der Waals surface area contributed by atoms with E-state index in [1.165, 1.54) is 0 Å². The second-order valence-electron chi connectivity index (χ2n) is 13.6. The van der Waals surface area contributed by atoms with E-state index in [1.807, 2.05) is 63.4 Å². The van der Waals surface area contributed by atoms with Crippen LogP contribution in [-0.2, 0) is 15.6 Å². The molecule has 0 bridgehead atoms. The van der Waals surface area contributed by atoms with Crippen LogP contribution < -0.4 is 10.5 Å². The highest BCUT2D eigenvalue weighted by Crippen LogP contribution is 2.40. The number of carbonyl (C=O) groups excluding carboxylic acids is 1. The highest BCUT2D eigenvalue weighted by atomic mass is 28.4. The first kappa shape index (κ1) is 31.5. The van der Waals surface area contributed by atoms with E-state index < -0.39 is 13.9 Å². The summed E-state index contributed by atoms with van der Waals surface area (Å²) in [5.41, 5.74) is 9.77. The number of carbonyl (C=O) groups is 1. The van der Waals surface area contributed by atoms with Crippen LogP contribution in [0.25, 0.3) is 11.3 Å². The maximum atomic E-state index is 13.6. The van der Waals surface area contributed by atoms with Gasteiger partial charge in [-0.2, -0.15) is 0 Å². The molecular formula is C33H46N4O4Si. The predicted molar refractivity (Wildman–Crippen MR) is 170 cm³/mol. The van der Waals surface area contributed by atoms with Crippen molar-refractivity contribution in [3.63, 3.8) is 0 Å². The third-order valence-electron chi connectivity index (χ3n) is 7.93. The molecule has 226 valence electrons. The molecule has 0 unspecified atom stereocenters. The smallest absolute Gasteiger partial charge is 0.410 e. The van der Waals surface area contributed by atoms with Crippen molar-refractivity contribution >= 4 is 20.1 Å². The molecule has 2 aromatic heterocycles. The molecule has 2 atom stereocenters. The Balaban J connectivity index is 1.57. The van der Waals surface area contributed by atoms with Gasteiger partial charge in [0.25, 0.3) is 0 Å². The van der Waals surface area contributed by atoms with E-state index in [0.29, 0.717) is 18.8 Å². The minimum atomic E-state index is -2.19. The molecule has 3 aromatic rings. The van der Waals surface area contributed by atoms with Gasteiger partial charge in [0.15, 0.2) is 8.32 Å². The predicted octanol–water partition coefficient (Wildman–Crippen LogP) is 7.42. The standard InChI is InChI=1S/C33H46N4O4Si/c1-32(2,3)40-31(38)37(22-30(25-10-9-17-35-19-25)41-42(7,8)33(4,5)6)21-27-14-11-24-18-23(12-16-29(24)39-27)28-15-13-26(34)20-36-28/h9-10,12-13,15-20,27,30H,11,14,21-22,34H2,1-8H3/t27-,30+/m1/s1. The lowest BCUT2D eigenvalue weighted by Gasteiger charge is -2.41. The molecule has 0 aliphatic carbocycles. The minimum absolute atomic E-state index is 0.00112. The second-order valence-corrected chi connectivity index (χ2v) is 18.4. The molecule has 0 saturated heterocycles. The van der Waals surface area contributed by atoms with Crippen LogP contribution in [-0.4, -0.2) is 54.1 Å². The lowest BCUT2D eigenvalue weighted by atomic mass is 9.98. The first-order valence-corrected chi connectivity index (χ1v) is 17.6. The zero-order chi connectivity index (χ0) is 30.7. The Morgan fingerprint density at radius 3 is 2.50 bits per heavy atom. The van der Waals surface area contributed by atoms with E-state index in [1.54, 1.807) is 17.3 Å². The fourth-order valence-corrected chi connectivity index (χ4v) is 5.89. The van der Waals surface area contributed by atoms with E-state index >= 15 is 0 Å². The first-order chi connectivity index (χ1) is 19.6. The molecule has 42 heavy (non-hydrogen) atoms. The molecule has 0 spiro atoms. The number of ether oxygens (including phenoxy) is 2. The third kappa shape index (κ3) is 8.10. The molecule has 1 amide bonds. The number of aryl methyl sites for hydroxylation is 1. The second kappa shape index (κ2) is 12.4. The van der Waals surface area contributed by atoms with E-state index in [4.69, 9.17) is 19.6 Å². The molecule has 0 radical (unpaired) electrons. The molecule has 0 fully saturated rings. The summed E-state index contributed by atoms with van der Waals surface area (Å²) in [6, 6.07) is 13.8. The molecule has 3 heterocycles. The summed E-state index contributed by atoms with van der Waals surface area (Å²) in [6.45, 7) is 17.5. The summed E-state index contributed by atoms with van der Waals surface area (Å²) in [5, 5.41) is 0.00112. The molecule has 1 aliphatic rings. The lowest BCUT2D eigenvalue weighted by Crippen LogP contribution is -2.48. The van der Waals surface area contributed by atoms with Crippen molar-refractivity contribution < 1.29 is 18.7 Å². The Bertz CT molecular complexity index is 1350. The molecule has 4 rings (SSSR count). The number of nitrogen functional groups attached to an aromatic ring is 1. The Kier molecular flexibility index (Phi) is 9.32. The van der Waals surface area contributed by atoms with E-state index in [2.05, 4.69) is 49.9 Å². The topological polar surface area (TPSA) is 99.8 Å². The van der Waals surface area contributed by atoms with Crippen molar-refractivity contribution in [1.29, 1.82) is 0 Å². The van der Waals surface area contributed by atoms with E-state index in [9.17, 15) is 4.79 Å². The number of nitrogens with zero attached hydrogens (tertiary/aromatic N) is 3. The lowest BCUT2D eigenvalue weighted by molar-refractivity contribution is 0.00491. The molecule has 9 heteroatoms. The molecule has 1 aliphatic heterocycles. The van der Waals surface area contributed by atoms with Crippen LogP contribution in [0.15, 0.2) is 61.1 Å². The Labute approximate surface area is 251 Å². The van der Waals surface area contributed by atoms with Gasteiger partial charge < -0.3 is 24.5 Å². The van der Waals surface area contributed by atoms with Gasteiger partial charge in [0.05, 0.1) is 36.8 Å². The summed E-state index contributed by atoms with van der Waals surface area (Å²) < 4.78 is 19.2. The van der Waals surface area contributed by atoms with Gasteiger partial charge in [-0.1, -0.05) is 26.8 Å². The van der Waals surface area contributed by atoms with E-state index in [0.717, 1.165) is 41.0 Å². The van der Waals surface area contributed by atoms with Gasteiger partial charge in [-0.3, -0.25) is 9.97 Å². The summed E-state index contributed by atoms with van der Waals surface area (Å²) in [6.07, 6.45) is 5.93. The van der Waals surface area contributed by atoms with Crippen molar-refractivity contribution in [2.45, 2.75) is 90.3 Å². The summed E-state index contributed by atoms with van der Waals surface area (Å²) in [7, 11) is -2.19. The fraction of sp³-hybridized carbons (Fsp3) is 0.485. The maximum absolute atomic E-state index is 13.6. The number of nitrogens with two attached hydrogens (primary N) is 1. The zero-order valence-corrected chi connectivity index (χ0v) is 27.3. The largest absolute Gasteiger partial charge is 0.488 e. The van der Waals surface area contributed by atoms with Crippen LogP contribution in [0.1, 0.15) is 65.2 Å². The zero-order valence-electron chi connectivity index (χ0n) is 26.3. The number of pyridine rings is 2. The maximum Gasteiger partial charge on any atom is 0.410 e. The molecular weight excluding hydrogens is 544 g/mol. The van der Waals surface area contributed by atoms with Crippen LogP contribution >= 0.6 is 0 Å². The summed E-state index contributed by atoms with van der Waals surface area (Å²) >= 11 is 0. The number of aromatic nitrogens is 2. The number of rotatable bonds is 8. The van der Waals surface area contributed by atoms with Gasteiger partial charge in [0.2, 0.25) is 0 Å². The molecule has 8 nitrogen and oxygen atoms in total. The molecule has 0 saturated carbocycles. The van der Waals surface area contributed by atoms with Crippen LogP contribution in [0.4, 0.5) is 10.5 Å². The van der Waals surface area contributed by atoms with Crippen LogP contribution in [0.3, 0.4) is 0 Å². The molecule has 2 N–H and O–H groups in total. The van der Waals surface area contributed by atoms with Crippen molar-refractivity contribution in [2.24, 2.45) is 0 Å². The van der Waals surface area contributed by atoms with Crippen molar-refractivity contribution in [2.75, 3.05) is 18.8 Å². The van der Waals surface area contributed by atoms with Crippen LogP contribution in [0.5, 0.6) is 5.75 Å². The average molecular weight is 591 g/mol. The van der Waals surface area contributed by atoms with Gasteiger partial charge in [0, 0.05) is 18.0 Å². The quantitative estimate of drug-likeness (QED) is 0.273. The number of amides is 1. The number of hydrogen-bond donors (Lipinski definition) is 1. The van der Waals surface area contributed by atoms with Gasteiger partial charge in [0.1, 0.15) is 17.5 Å². The fourth-order valence-electron chi connectivity index (χ4n) is 4.61. The van der Waals surface area contributed by atoms with E-state index in [-0.39, 0.29) is 23.3 Å². The normalized spacial score (nSPS) is 16.2. The minimum Gasteiger partial charge on any atom is -0.488 e. The van der Waals surface area contributed by atoms with Crippen molar-refractivity contribution in [3.8, 4) is 17.0 Å². The van der Waals surface area contributed by atoms with Gasteiger partial charge in [-0.05, 0) is 99.3 Å². The average Bonchev–Trinajstić information content (AvgIpc) is 2.91. The van der Waals surface area contributed by atoms with Crippen molar-refractivity contribution in [1.82, 2.24) is 14.9 Å². The number of benzene rings is 1. The summed E-state index contributed by atoms with van der Waals surface area (Å²) in [5.74, 6) is 0.830. The van der Waals surface area contributed by atoms with Gasteiger partial charge in [-0.25, -0.2) is 4.79 Å². The Morgan fingerprint density at radius 1 is 1.12 bits per heavy atom. The van der Waals surface area contributed by atoms with Crippen LogP contribution in [0.2, 0.25) is 18.1 Å². The third-order valence-corrected chi connectivity index (χ3v) is 12.4. The van der Waals surface area contributed by atoms with Crippen molar-refractivity contribution in [3.05, 3.63) is 72.2 Å². The Hall–Kier alpha value is -3.43. The van der Waals surface area contributed by atoms with Gasteiger partial charge in [-0.15, -0.1) is 0 Å². The SMILES string of the molecule is CC(C)(C)OC(=O)N(C[C@H]1CCc2cc(-c3ccc(N)cn3)ccc2O1)C[C@H](O[Si](C)(C)C(C)(C)C)c1cccnc1. The summed E-state index contributed by atoms with van der Waals surface area (Å²) in [4.78, 5) is 24.2. The van der Waals surface area contributed by atoms with Gasteiger partial charge >= 0.3 is 6.09 Å². The number of anilines is 1. The number of hydrogen-bond acceptors (Lipinski definition) is 7. The number of fused-ring (bicyclic) bond motifs is 1. The monoisotopic (exact) mass is 590 g/mol. The highest BCUT2D eigenvalue weighted by molar-refractivity contribution is 6.74. The highest BCUT2D eigenvalue weighted by Gasteiger charge is 2.41. The van der Waals surface area contributed by atoms with Crippen LogP contribution in [0, 0.1) is 0 Å². The first-order valence-electron chi connectivity index (χ1n) is 14.7. The Morgan fingerprint density at radius 2 is 1.88 bits per heavy atom. The molecule has 1 aromatic carbocycles.